The van der Waals surface area contributed by atoms with E-state index in [1.807, 2.05) is 13.2 Å². The second-order valence-electron chi connectivity index (χ2n) is 5.78. The average molecular weight is 318 g/mol. The van der Waals surface area contributed by atoms with Crippen LogP contribution in [-0.2, 0) is 29.5 Å². The Balaban J connectivity index is 1.75. The van der Waals surface area contributed by atoms with Crippen molar-refractivity contribution in [1.82, 2.24) is 19.7 Å². The Hall–Kier alpha value is -2.28. The van der Waals surface area contributed by atoms with Crippen LogP contribution < -0.4 is 0 Å². The SMILES string of the molecule is COC[C@@H]1CN(C(=O)Cc2ccc(F)cn2)Cc2cn(C)nc21. The van der Waals surface area contributed by atoms with Crippen LogP contribution in [0.4, 0.5) is 4.39 Å². The number of halogens is 1. The van der Waals surface area contributed by atoms with Crippen molar-refractivity contribution in [2.45, 2.75) is 18.9 Å². The summed E-state index contributed by atoms with van der Waals surface area (Å²) in [4.78, 5) is 18.3. The third-order valence-corrected chi connectivity index (χ3v) is 3.97. The van der Waals surface area contributed by atoms with E-state index in [1.165, 1.54) is 6.07 Å². The number of ether oxygens (including phenoxy) is 1. The van der Waals surface area contributed by atoms with Crippen molar-refractivity contribution in [1.29, 1.82) is 0 Å². The van der Waals surface area contributed by atoms with Crippen LogP contribution in [0.15, 0.2) is 24.5 Å². The van der Waals surface area contributed by atoms with Crippen molar-refractivity contribution in [2.24, 2.45) is 7.05 Å². The fourth-order valence-corrected chi connectivity index (χ4v) is 2.94. The number of carbonyl (C=O) groups excluding carboxylic acids is 1. The van der Waals surface area contributed by atoms with Crippen molar-refractivity contribution < 1.29 is 13.9 Å². The predicted octanol–water partition coefficient (Wildman–Crippen LogP) is 1.27. The number of nitrogens with zero attached hydrogens (tertiary/aromatic N) is 4. The van der Waals surface area contributed by atoms with Crippen LogP contribution in [0.25, 0.3) is 0 Å². The van der Waals surface area contributed by atoms with E-state index in [0.29, 0.717) is 25.4 Å². The third-order valence-electron chi connectivity index (χ3n) is 3.97. The number of pyridine rings is 1. The minimum atomic E-state index is -0.403. The Bertz CT molecular complexity index is 699. The summed E-state index contributed by atoms with van der Waals surface area (Å²) in [5.41, 5.74) is 2.61. The summed E-state index contributed by atoms with van der Waals surface area (Å²) in [5.74, 6) is -0.367. The fraction of sp³-hybridized carbons (Fsp3) is 0.438. The van der Waals surface area contributed by atoms with Gasteiger partial charge in [0.15, 0.2) is 0 Å². The van der Waals surface area contributed by atoms with E-state index >= 15 is 0 Å². The van der Waals surface area contributed by atoms with Gasteiger partial charge in [-0.2, -0.15) is 5.10 Å². The Labute approximate surface area is 133 Å². The van der Waals surface area contributed by atoms with Crippen LogP contribution in [0.2, 0.25) is 0 Å². The summed E-state index contributed by atoms with van der Waals surface area (Å²) in [6.07, 6.45) is 3.23. The molecule has 0 aromatic carbocycles. The van der Waals surface area contributed by atoms with Crippen LogP contribution in [0, 0.1) is 5.82 Å². The molecule has 3 heterocycles. The van der Waals surface area contributed by atoms with Crippen LogP contribution in [0.3, 0.4) is 0 Å². The molecule has 2 aromatic heterocycles. The molecule has 0 radical (unpaired) electrons. The molecule has 0 saturated carbocycles. The first-order valence-electron chi connectivity index (χ1n) is 7.46. The van der Waals surface area contributed by atoms with Gasteiger partial charge in [0, 0.05) is 50.6 Å². The second-order valence-corrected chi connectivity index (χ2v) is 5.78. The van der Waals surface area contributed by atoms with Crippen molar-refractivity contribution in [3.8, 4) is 0 Å². The molecule has 0 aliphatic carbocycles. The quantitative estimate of drug-likeness (QED) is 0.852. The van der Waals surface area contributed by atoms with Gasteiger partial charge in [0.05, 0.1) is 24.9 Å². The Kier molecular flexibility index (Phi) is 4.38. The number of methoxy groups -OCH3 is 1. The molecule has 0 spiro atoms. The number of aromatic nitrogens is 3. The highest BCUT2D eigenvalue weighted by atomic mass is 19.1. The molecule has 1 amide bonds. The molecule has 2 aromatic rings. The first-order chi connectivity index (χ1) is 11.1. The standard InChI is InChI=1S/C16H19FN4O2/c1-20-7-11-8-21(9-12(10-23-2)16(11)19-20)15(22)5-14-4-3-13(17)6-18-14/h3-4,6-7,12H,5,8-10H2,1-2H3/t12-/m0/s1. The monoisotopic (exact) mass is 318 g/mol. The number of hydrogen-bond donors (Lipinski definition) is 0. The zero-order valence-corrected chi connectivity index (χ0v) is 13.2. The highest BCUT2D eigenvalue weighted by molar-refractivity contribution is 5.78. The molecule has 3 rings (SSSR count). The maximum atomic E-state index is 12.9. The summed E-state index contributed by atoms with van der Waals surface area (Å²) in [5, 5.41) is 4.48. The lowest BCUT2D eigenvalue weighted by Crippen LogP contribution is -2.40. The van der Waals surface area contributed by atoms with Crippen molar-refractivity contribution in [3.05, 3.63) is 47.3 Å². The molecule has 1 atom stereocenters. The number of rotatable bonds is 4. The van der Waals surface area contributed by atoms with Gasteiger partial charge in [-0.3, -0.25) is 14.5 Å². The number of carbonyl (C=O) groups is 1. The van der Waals surface area contributed by atoms with Gasteiger partial charge in [-0.05, 0) is 12.1 Å². The Morgan fingerprint density at radius 2 is 2.30 bits per heavy atom. The third kappa shape index (κ3) is 3.39. The number of fused-ring (bicyclic) bond motifs is 1. The molecule has 23 heavy (non-hydrogen) atoms. The van der Waals surface area contributed by atoms with Gasteiger partial charge in [-0.1, -0.05) is 0 Å². The molecule has 0 fully saturated rings. The lowest BCUT2D eigenvalue weighted by molar-refractivity contribution is -0.132. The minimum absolute atomic E-state index is 0.0280. The number of aryl methyl sites for hydroxylation is 1. The van der Waals surface area contributed by atoms with E-state index in [4.69, 9.17) is 4.74 Å². The molecule has 6 nitrogen and oxygen atoms in total. The van der Waals surface area contributed by atoms with Gasteiger partial charge in [0.2, 0.25) is 5.91 Å². The summed E-state index contributed by atoms with van der Waals surface area (Å²) in [6, 6.07) is 2.86. The molecule has 1 aliphatic rings. The highest BCUT2D eigenvalue weighted by Crippen LogP contribution is 2.27. The predicted molar refractivity (Wildman–Crippen MR) is 81.1 cm³/mol. The first kappa shape index (κ1) is 15.6. The van der Waals surface area contributed by atoms with E-state index in [-0.39, 0.29) is 18.2 Å². The summed E-state index contributed by atoms with van der Waals surface area (Å²) in [6.45, 7) is 1.61. The normalized spacial score (nSPS) is 17.2. The smallest absolute Gasteiger partial charge is 0.228 e. The van der Waals surface area contributed by atoms with Crippen molar-refractivity contribution >= 4 is 5.91 Å². The van der Waals surface area contributed by atoms with E-state index in [0.717, 1.165) is 17.5 Å². The summed E-state index contributed by atoms with van der Waals surface area (Å²) < 4.78 is 19.9. The first-order valence-corrected chi connectivity index (χ1v) is 7.46. The molecule has 0 N–H and O–H groups in total. The van der Waals surface area contributed by atoms with Crippen LogP contribution >= 0.6 is 0 Å². The van der Waals surface area contributed by atoms with Crippen LogP contribution in [-0.4, -0.2) is 45.8 Å². The second kappa shape index (κ2) is 6.45. The largest absolute Gasteiger partial charge is 0.384 e. The van der Waals surface area contributed by atoms with Crippen LogP contribution in [0.1, 0.15) is 22.9 Å². The van der Waals surface area contributed by atoms with E-state index in [1.54, 1.807) is 22.8 Å². The minimum Gasteiger partial charge on any atom is -0.384 e. The Morgan fingerprint density at radius 1 is 1.48 bits per heavy atom. The van der Waals surface area contributed by atoms with Crippen molar-refractivity contribution in [2.75, 3.05) is 20.3 Å². The molecule has 0 saturated heterocycles. The van der Waals surface area contributed by atoms with E-state index < -0.39 is 5.82 Å². The summed E-state index contributed by atoms with van der Waals surface area (Å²) >= 11 is 0. The molecule has 122 valence electrons. The van der Waals surface area contributed by atoms with Crippen molar-refractivity contribution in [3.63, 3.8) is 0 Å². The topological polar surface area (TPSA) is 60.2 Å². The maximum absolute atomic E-state index is 12.9. The van der Waals surface area contributed by atoms with Crippen LogP contribution in [0.5, 0.6) is 0 Å². The number of hydrogen-bond acceptors (Lipinski definition) is 4. The lowest BCUT2D eigenvalue weighted by Gasteiger charge is -2.31. The molecular weight excluding hydrogens is 299 g/mol. The number of amides is 1. The lowest BCUT2D eigenvalue weighted by atomic mass is 9.97. The average Bonchev–Trinajstić information content (AvgIpc) is 2.90. The van der Waals surface area contributed by atoms with E-state index in [2.05, 4.69) is 10.1 Å². The molecule has 0 unspecified atom stereocenters. The zero-order chi connectivity index (χ0) is 16.4. The fourth-order valence-electron chi connectivity index (χ4n) is 2.94. The highest BCUT2D eigenvalue weighted by Gasteiger charge is 2.30. The van der Waals surface area contributed by atoms with Gasteiger partial charge in [0.1, 0.15) is 5.82 Å². The van der Waals surface area contributed by atoms with E-state index in [9.17, 15) is 9.18 Å². The molecule has 1 aliphatic heterocycles. The molecule has 0 bridgehead atoms. The van der Waals surface area contributed by atoms with Gasteiger partial charge < -0.3 is 9.64 Å². The summed E-state index contributed by atoms with van der Waals surface area (Å²) in [7, 11) is 3.52. The van der Waals surface area contributed by atoms with Gasteiger partial charge in [-0.25, -0.2) is 4.39 Å². The van der Waals surface area contributed by atoms with Gasteiger partial charge >= 0.3 is 0 Å². The zero-order valence-electron chi connectivity index (χ0n) is 13.2. The van der Waals surface area contributed by atoms with Gasteiger partial charge in [0.25, 0.3) is 0 Å². The molecular formula is C16H19FN4O2. The molecule has 7 heteroatoms. The Morgan fingerprint density at radius 3 is 3.00 bits per heavy atom. The van der Waals surface area contributed by atoms with Gasteiger partial charge in [-0.15, -0.1) is 0 Å². The maximum Gasteiger partial charge on any atom is 0.228 e.